The number of methoxy groups -OCH3 is 1. The Morgan fingerprint density at radius 1 is 1.33 bits per heavy atom. The van der Waals surface area contributed by atoms with Crippen molar-refractivity contribution in [2.75, 3.05) is 12.4 Å². The Balaban J connectivity index is 2.17. The summed E-state index contributed by atoms with van der Waals surface area (Å²) in [6, 6.07) is 9.64. The summed E-state index contributed by atoms with van der Waals surface area (Å²) in [4.78, 5) is 25.3. The van der Waals surface area contributed by atoms with E-state index >= 15 is 0 Å². The highest BCUT2D eigenvalue weighted by molar-refractivity contribution is 6.02. The molecule has 0 bridgehead atoms. The Labute approximate surface area is 156 Å². The fourth-order valence-electron chi connectivity index (χ4n) is 3.22. The largest absolute Gasteiger partial charge is 0.865 e. The predicted molar refractivity (Wildman–Crippen MR) is 97.8 cm³/mol. The van der Waals surface area contributed by atoms with Crippen LogP contribution < -0.4 is 15.2 Å². The average molecular weight is 370 g/mol. The third-order valence-corrected chi connectivity index (χ3v) is 4.82. The molecule has 2 atom stereocenters. The molecule has 3 rings (SSSR count). The maximum atomic E-state index is 13.1. The van der Waals surface area contributed by atoms with Gasteiger partial charge in [-0.1, -0.05) is 19.1 Å². The van der Waals surface area contributed by atoms with Gasteiger partial charge in [0.15, 0.2) is 0 Å². The molecule has 2 aromatic carbocycles. The monoisotopic (exact) mass is 370 g/mol. The maximum Gasteiger partial charge on any atom is 0.265 e. The molecule has 8 nitrogen and oxygen atoms in total. The van der Waals surface area contributed by atoms with Crippen LogP contribution in [0.3, 0.4) is 0 Å². The SMILES string of the molecule is CC[C@H](C)N1C(=O)c2ccccc2N[C@H]1c1cc(OC)c([O-])c([N+](=O)[O-])c1. The molecule has 27 heavy (non-hydrogen) atoms. The van der Waals surface area contributed by atoms with Gasteiger partial charge in [-0.05, 0) is 31.5 Å². The number of fused-ring (bicyclic) bond motifs is 1. The van der Waals surface area contributed by atoms with Crippen molar-refractivity contribution in [2.45, 2.75) is 32.5 Å². The Bertz CT molecular complexity index is 899. The van der Waals surface area contributed by atoms with E-state index in [1.165, 1.54) is 19.2 Å². The summed E-state index contributed by atoms with van der Waals surface area (Å²) in [5, 5.41) is 26.7. The minimum absolute atomic E-state index is 0.125. The second-order valence-corrected chi connectivity index (χ2v) is 6.39. The van der Waals surface area contributed by atoms with Crippen LogP contribution in [-0.2, 0) is 0 Å². The van der Waals surface area contributed by atoms with Crippen molar-refractivity contribution in [3.63, 3.8) is 0 Å². The van der Waals surface area contributed by atoms with Gasteiger partial charge in [0.2, 0.25) is 0 Å². The van der Waals surface area contributed by atoms with Crippen LogP contribution in [0.1, 0.15) is 42.4 Å². The van der Waals surface area contributed by atoms with E-state index in [0.717, 1.165) is 0 Å². The van der Waals surface area contributed by atoms with Gasteiger partial charge in [-0.3, -0.25) is 14.9 Å². The molecule has 8 heteroatoms. The number of nitro benzene ring substituents is 1. The summed E-state index contributed by atoms with van der Waals surface area (Å²) in [6.07, 6.45) is 0.0425. The van der Waals surface area contributed by atoms with Gasteiger partial charge in [-0.2, -0.15) is 0 Å². The summed E-state index contributed by atoms with van der Waals surface area (Å²) >= 11 is 0. The van der Waals surface area contributed by atoms with Gasteiger partial charge < -0.3 is 20.1 Å². The number of nitro groups is 1. The van der Waals surface area contributed by atoms with Crippen molar-refractivity contribution in [1.29, 1.82) is 0 Å². The number of anilines is 1. The normalized spacial score (nSPS) is 17.1. The number of rotatable bonds is 5. The van der Waals surface area contributed by atoms with Crippen molar-refractivity contribution in [2.24, 2.45) is 0 Å². The predicted octanol–water partition coefficient (Wildman–Crippen LogP) is 3.04. The molecule has 0 aromatic heterocycles. The number of benzene rings is 2. The fraction of sp³-hybridized carbons (Fsp3) is 0.316. The molecule has 0 spiro atoms. The van der Waals surface area contributed by atoms with Gasteiger partial charge in [-0.25, -0.2) is 0 Å². The highest BCUT2D eigenvalue weighted by Crippen LogP contribution is 2.41. The third kappa shape index (κ3) is 3.14. The van der Waals surface area contributed by atoms with Crippen molar-refractivity contribution in [3.05, 3.63) is 57.6 Å². The maximum absolute atomic E-state index is 13.1. The van der Waals surface area contributed by atoms with E-state index in [1.54, 1.807) is 29.2 Å². The molecule has 1 N–H and O–H groups in total. The smallest absolute Gasteiger partial charge is 0.265 e. The van der Waals surface area contributed by atoms with Crippen molar-refractivity contribution >= 4 is 17.3 Å². The number of nitrogens with one attached hydrogen (secondary N) is 1. The van der Waals surface area contributed by atoms with Crippen LogP contribution in [0.5, 0.6) is 11.5 Å². The third-order valence-electron chi connectivity index (χ3n) is 4.82. The van der Waals surface area contributed by atoms with Crippen LogP contribution in [0.2, 0.25) is 0 Å². The zero-order valence-electron chi connectivity index (χ0n) is 15.3. The molecule has 0 saturated heterocycles. The van der Waals surface area contributed by atoms with Crippen LogP contribution >= 0.6 is 0 Å². The summed E-state index contributed by atoms with van der Waals surface area (Å²) in [5.41, 5.74) is 1.01. The summed E-state index contributed by atoms with van der Waals surface area (Å²) in [5.74, 6) is -1.09. The lowest BCUT2D eigenvalue weighted by Crippen LogP contribution is -2.47. The first kappa shape index (κ1) is 18.5. The number of carbonyl (C=O) groups excluding carboxylic acids is 1. The first-order chi connectivity index (χ1) is 12.9. The number of carbonyl (C=O) groups is 1. The number of hydrogen-bond donors (Lipinski definition) is 1. The molecule has 2 aromatic rings. The van der Waals surface area contributed by atoms with Crippen LogP contribution in [0, 0.1) is 10.1 Å². The Kier molecular flexibility index (Phi) is 4.89. The highest BCUT2D eigenvalue weighted by Gasteiger charge is 2.36. The average Bonchev–Trinajstić information content (AvgIpc) is 2.67. The lowest BCUT2D eigenvalue weighted by molar-refractivity contribution is -0.398. The van der Waals surface area contributed by atoms with E-state index in [1.807, 2.05) is 13.8 Å². The van der Waals surface area contributed by atoms with Crippen molar-refractivity contribution < 1.29 is 19.6 Å². The molecule has 0 saturated carbocycles. The standard InChI is InChI=1S/C19H21N3O5/c1-4-11(2)21-18(20-14-8-6-5-7-13(14)19(21)24)12-9-15(22(25)26)17(23)16(10-12)27-3/h5-11,18,20,23H,4H2,1-3H3/p-1/t11-,18+/m0/s1. The second-order valence-electron chi connectivity index (χ2n) is 6.39. The molecule has 1 amide bonds. The first-order valence-electron chi connectivity index (χ1n) is 8.60. The highest BCUT2D eigenvalue weighted by atomic mass is 16.6. The molecule has 1 aliphatic rings. The van der Waals surface area contributed by atoms with Gasteiger partial charge in [0.25, 0.3) is 11.6 Å². The lowest BCUT2D eigenvalue weighted by Gasteiger charge is -2.41. The minimum Gasteiger partial charge on any atom is -0.865 e. The topological polar surface area (TPSA) is 108 Å². The van der Waals surface area contributed by atoms with E-state index in [-0.39, 0.29) is 17.7 Å². The van der Waals surface area contributed by atoms with E-state index < -0.39 is 22.5 Å². The summed E-state index contributed by atoms with van der Waals surface area (Å²) in [6.45, 7) is 3.87. The number of para-hydroxylation sites is 1. The van der Waals surface area contributed by atoms with Crippen molar-refractivity contribution in [1.82, 2.24) is 4.90 Å². The lowest BCUT2D eigenvalue weighted by atomic mass is 10.00. The Morgan fingerprint density at radius 2 is 2.04 bits per heavy atom. The molecular formula is C19H20N3O5-. The zero-order chi connectivity index (χ0) is 19.7. The number of amides is 1. The van der Waals surface area contributed by atoms with Crippen LogP contribution in [0.25, 0.3) is 0 Å². The molecule has 0 unspecified atom stereocenters. The van der Waals surface area contributed by atoms with Gasteiger partial charge in [0, 0.05) is 29.1 Å². The van der Waals surface area contributed by atoms with E-state index in [9.17, 15) is 20.0 Å². The zero-order valence-corrected chi connectivity index (χ0v) is 15.3. The minimum atomic E-state index is -0.788. The van der Waals surface area contributed by atoms with Gasteiger partial charge >= 0.3 is 0 Å². The summed E-state index contributed by atoms with van der Waals surface area (Å²) < 4.78 is 5.04. The van der Waals surface area contributed by atoms with E-state index in [0.29, 0.717) is 23.2 Å². The van der Waals surface area contributed by atoms with Crippen molar-refractivity contribution in [3.8, 4) is 11.5 Å². The number of nitrogens with zero attached hydrogens (tertiary/aromatic N) is 2. The first-order valence-corrected chi connectivity index (χ1v) is 8.60. The molecule has 1 aliphatic heterocycles. The molecule has 0 fully saturated rings. The van der Waals surface area contributed by atoms with E-state index in [4.69, 9.17) is 4.74 Å². The second kappa shape index (κ2) is 7.14. The Morgan fingerprint density at radius 3 is 2.67 bits per heavy atom. The van der Waals surface area contributed by atoms with Gasteiger partial charge in [0.05, 0.1) is 17.6 Å². The van der Waals surface area contributed by atoms with Crippen LogP contribution in [0.15, 0.2) is 36.4 Å². The molecule has 142 valence electrons. The van der Waals surface area contributed by atoms with Gasteiger partial charge in [0.1, 0.15) is 11.9 Å². The molecule has 0 radical (unpaired) electrons. The number of hydrogen-bond acceptors (Lipinski definition) is 6. The van der Waals surface area contributed by atoms with Gasteiger partial charge in [-0.15, -0.1) is 0 Å². The molecular weight excluding hydrogens is 350 g/mol. The van der Waals surface area contributed by atoms with E-state index in [2.05, 4.69) is 5.32 Å². The van der Waals surface area contributed by atoms with Crippen LogP contribution in [-0.4, -0.2) is 28.9 Å². The van der Waals surface area contributed by atoms with Crippen LogP contribution in [0.4, 0.5) is 11.4 Å². The summed E-state index contributed by atoms with van der Waals surface area (Å²) in [7, 11) is 1.28. The Hall–Kier alpha value is -3.29. The fourth-order valence-corrected chi connectivity index (χ4v) is 3.22. The molecule has 1 heterocycles. The quantitative estimate of drug-likeness (QED) is 0.640. The molecule has 0 aliphatic carbocycles. The number of ether oxygens (including phenoxy) is 1.